The lowest BCUT2D eigenvalue weighted by Gasteiger charge is -2.20. The van der Waals surface area contributed by atoms with E-state index in [0.717, 1.165) is 30.2 Å². The highest BCUT2D eigenvalue weighted by atomic mass is 16.5. The maximum Gasteiger partial charge on any atom is 0.326 e. The minimum atomic E-state index is -0.895. The van der Waals surface area contributed by atoms with E-state index in [9.17, 15) is 14.4 Å². The highest BCUT2D eigenvalue weighted by Gasteiger charge is 2.25. The van der Waals surface area contributed by atoms with Crippen molar-refractivity contribution in [3.05, 3.63) is 36.0 Å². The van der Waals surface area contributed by atoms with Gasteiger partial charge in [0.05, 0.1) is 0 Å². The van der Waals surface area contributed by atoms with Crippen LogP contribution in [0.3, 0.4) is 0 Å². The van der Waals surface area contributed by atoms with Crippen LogP contribution in [0.15, 0.2) is 30.5 Å². The molecule has 0 unspecified atom stereocenters. The first-order valence-electron chi connectivity index (χ1n) is 8.64. The van der Waals surface area contributed by atoms with Gasteiger partial charge in [-0.05, 0) is 25.8 Å². The van der Waals surface area contributed by atoms with Crippen molar-refractivity contribution in [1.82, 2.24) is 9.88 Å². The third kappa shape index (κ3) is 3.90. The topological polar surface area (TPSA) is 79.5 Å². The molecule has 1 aliphatic heterocycles. The molecule has 1 N–H and O–H groups in total. The Morgan fingerprint density at radius 2 is 2.04 bits per heavy atom. The molecule has 1 aliphatic rings. The number of hydrogen-bond acceptors (Lipinski definition) is 4. The molecule has 0 saturated carbocycles. The van der Waals surface area contributed by atoms with Gasteiger partial charge in [0.1, 0.15) is 6.54 Å². The normalized spacial score (nSPS) is 16.5. The molecule has 1 aromatic heterocycles. The number of H-pyrrole nitrogens is 1. The number of aromatic nitrogens is 1. The van der Waals surface area contributed by atoms with E-state index in [1.165, 1.54) is 4.90 Å². The fourth-order valence-corrected chi connectivity index (χ4v) is 3.14. The minimum absolute atomic E-state index is 0.0231. The second-order valence-electron chi connectivity index (χ2n) is 6.37. The van der Waals surface area contributed by atoms with Crippen LogP contribution in [-0.2, 0) is 14.3 Å². The number of carbonyl (C=O) groups is 3. The Morgan fingerprint density at radius 3 is 2.88 bits per heavy atom. The van der Waals surface area contributed by atoms with Crippen molar-refractivity contribution in [3.63, 3.8) is 0 Å². The zero-order valence-corrected chi connectivity index (χ0v) is 14.3. The van der Waals surface area contributed by atoms with Gasteiger partial charge in [0.25, 0.3) is 0 Å². The van der Waals surface area contributed by atoms with Crippen molar-refractivity contribution in [2.45, 2.75) is 38.7 Å². The summed E-state index contributed by atoms with van der Waals surface area (Å²) < 4.78 is 5.28. The maximum atomic E-state index is 12.6. The summed E-state index contributed by atoms with van der Waals surface area (Å²) in [4.78, 5) is 41.2. The third-order valence-electron chi connectivity index (χ3n) is 4.52. The molecule has 0 spiro atoms. The summed E-state index contributed by atoms with van der Waals surface area (Å²) in [5, 5.41) is 0.804. The Kier molecular flexibility index (Phi) is 5.16. The lowest BCUT2D eigenvalue weighted by atomic mass is 10.1. The quantitative estimate of drug-likeness (QED) is 0.669. The number of aromatic amines is 1. The van der Waals surface area contributed by atoms with E-state index in [1.807, 2.05) is 24.3 Å². The minimum Gasteiger partial charge on any atom is -0.453 e. The first kappa shape index (κ1) is 17.2. The van der Waals surface area contributed by atoms with Gasteiger partial charge < -0.3 is 14.6 Å². The summed E-state index contributed by atoms with van der Waals surface area (Å²) in [7, 11) is 0. The van der Waals surface area contributed by atoms with E-state index < -0.39 is 12.1 Å². The molecule has 2 aromatic rings. The number of ether oxygens (including phenoxy) is 1. The number of rotatable bonds is 5. The van der Waals surface area contributed by atoms with Gasteiger partial charge in [0.2, 0.25) is 11.7 Å². The Labute approximate surface area is 146 Å². The van der Waals surface area contributed by atoms with Gasteiger partial charge >= 0.3 is 5.97 Å². The van der Waals surface area contributed by atoms with E-state index in [1.54, 1.807) is 13.1 Å². The number of hydrogen-bond donors (Lipinski definition) is 1. The van der Waals surface area contributed by atoms with Gasteiger partial charge in [0.15, 0.2) is 6.10 Å². The van der Waals surface area contributed by atoms with Crippen LogP contribution in [0.1, 0.15) is 43.0 Å². The number of carbonyl (C=O) groups excluding carboxylic acids is 3. The molecule has 0 radical (unpaired) electrons. The molecule has 2 heterocycles. The van der Waals surface area contributed by atoms with Crippen LogP contribution in [0.2, 0.25) is 0 Å². The van der Waals surface area contributed by atoms with Crippen LogP contribution >= 0.6 is 0 Å². The lowest BCUT2D eigenvalue weighted by molar-refractivity contribution is -0.151. The van der Waals surface area contributed by atoms with Crippen molar-refractivity contribution in [3.8, 4) is 0 Å². The van der Waals surface area contributed by atoms with Gasteiger partial charge in [-0.25, -0.2) is 0 Å². The highest BCUT2D eigenvalue weighted by Crippen LogP contribution is 2.20. The first-order valence-corrected chi connectivity index (χ1v) is 8.64. The van der Waals surface area contributed by atoms with Crippen LogP contribution in [0.4, 0.5) is 0 Å². The summed E-state index contributed by atoms with van der Waals surface area (Å²) in [6.45, 7) is 2.04. The zero-order chi connectivity index (χ0) is 17.8. The second-order valence-corrected chi connectivity index (χ2v) is 6.37. The lowest BCUT2D eigenvalue weighted by Crippen LogP contribution is -2.37. The number of nitrogens with one attached hydrogen (secondary N) is 1. The number of ketones is 1. The standard InChI is InChI=1S/C19H22N2O4/c1-13(19(24)15-11-20-16-8-5-4-7-14(15)16)25-18(23)12-21-10-6-2-3-9-17(21)22/h4-5,7-8,11,13,20H,2-3,6,9-10,12H2,1H3/t13-/m1/s1. The largest absolute Gasteiger partial charge is 0.453 e. The molecule has 1 aromatic carbocycles. The van der Waals surface area contributed by atoms with Crippen molar-refractivity contribution in [1.29, 1.82) is 0 Å². The molecule has 1 amide bonds. The third-order valence-corrected chi connectivity index (χ3v) is 4.52. The summed E-state index contributed by atoms with van der Waals surface area (Å²) in [6, 6.07) is 7.47. The fraction of sp³-hybridized carbons (Fsp3) is 0.421. The van der Waals surface area contributed by atoms with Crippen LogP contribution in [0, 0.1) is 0 Å². The van der Waals surface area contributed by atoms with Gasteiger partial charge in [-0.1, -0.05) is 24.6 Å². The second kappa shape index (κ2) is 7.51. The zero-order valence-electron chi connectivity index (χ0n) is 14.3. The van der Waals surface area contributed by atoms with E-state index in [2.05, 4.69) is 4.98 Å². The molecule has 25 heavy (non-hydrogen) atoms. The van der Waals surface area contributed by atoms with E-state index in [0.29, 0.717) is 18.5 Å². The van der Waals surface area contributed by atoms with Crippen molar-refractivity contribution < 1.29 is 19.1 Å². The molecular formula is C19H22N2O4. The van der Waals surface area contributed by atoms with Crippen LogP contribution in [0.5, 0.6) is 0 Å². The number of benzene rings is 1. The molecule has 6 heteroatoms. The number of fused-ring (bicyclic) bond motifs is 1. The summed E-state index contributed by atoms with van der Waals surface area (Å²) >= 11 is 0. The molecule has 1 atom stereocenters. The Hall–Kier alpha value is -2.63. The Morgan fingerprint density at radius 1 is 1.24 bits per heavy atom. The first-order chi connectivity index (χ1) is 12.1. The fourth-order valence-electron chi connectivity index (χ4n) is 3.14. The van der Waals surface area contributed by atoms with Crippen molar-refractivity contribution in [2.75, 3.05) is 13.1 Å². The summed E-state index contributed by atoms with van der Waals surface area (Å²) in [5.41, 5.74) is 1.36. The van der Waals surface area contributed by atoms with Crippen LogP contribution in [-0.4, -0.2) is 46.7 Å². The van der Waals surface area contributed by atoms with Crippen molar-refractivity contribution >= 4 is 28.6 Å². The van der Waals surface area contributed by atoms with Gasteiger partial charge in [0, 0.05) is 35.6 Å². The van der Waals surface area contributed by atoms with Crippen LogP contribution in [0.25, 0.3) is 10.9 Å². The van der Waals surface area contributed by atoms with Gasteiger partial charge in [-0.2, -0.15) is 0 Å². The average Bonchev–Trinajstić information content (AvgIpc) is 2.93. The monoisotopic (exact) mass is 342 g/mol. The highest BCUT2D eigenvalue weighted by molar-refractivity contribution is 6.10. The predicted molar refractivity (Wildman–Crippen MR) is 93.2 cm³/mol. The predicted octanol–water partition coefficient (Wildman–Crippen LogP) is 2.68. The van der Waals surface area contributed by atoms with E-state index in [4.69, 9.17) is 4.74 Å². The molecular weight excluding hydrogens is 320 g/mol. The number of Topliss-reactive ketones (excluding diaryl/α,β-unsaturated/α-hetero) is 1. The summed E-state index contributed by atoms with van der Waals surface area (Å²) in [6.07, 6.45) is 3.95. The number of likely N-dealkylation sites (tertiary alicyclic amines) is 1. The number of para-hydroxylation sites is 1. The van der Waals surface area contributed by atoms with E-state index >= 15 is 0 Å². The molecule has 0 aliphatic carbocycles. The van der Waals surface area contributed by atoms with Crippen LogP contribution < -0.4 is 0 Å². The SMILES string of the molecule is C[C@@H](OC(=O)CN1CCCCCC1=O)C(=O)c1c[nH]c2ccccc12. The Balaban J connectivity index is 1.63. The summed E-state index contributed by atoms with van der Waals surface area (Å²) in [5.74, 6) is -0.825. The Bertz CT molecular complexity index is 796. The van der Waals surface area contributed by atoms with Gasteiger partial charge in [-0.15, -0.1) is 0 Å². The molecule has 6 nitrogen and oxygen atoms in total. The van der Waals surface area contributed by atoms with Gasteiger partial charge in [-0.3, -0.25) is 14.4 Å². The van der Waals surface area contributed by atoms with E-state index in [-0.39, 0.29) is 18.2 Å². The number of esters is 1. The molecule has 0 bridgehead atoms. The average molecular weight is 342 g/mol. The molecule has 3 rings (SSSR count). The number of amides is 1. The maximum absolute atomic E-state index is 12.6. The molecule has 1 saturated heterocycles. The smallest absolute Gasteiger partial charge is 0.326 e. The molecule has 1 fully saturated rings. The number of nitrogens with zero attached hydrogens (tertiary/aromatic N) is 1. The van der Waals surface area contributed by atoms with Crippen molar-refractivity contribution in [2.24, 2.45) is 0 Å². The molecule has 132 valence electrons.